The molecule has 2 aromatic carbocycles. The number of amidine groups is 1. The zero-order valence-electron chi connectivity index (χ0n) is 12.9. The van der Waals surface area contributed by atoms with E-state index in [9.17, 15) is 13.6 Å². The quantitative estimate of drug-likeness (QED) is 0.658. The number of carbonyl (C=O) groups is 1. The number of nitrogens with zero attached hydrogens (tertiary/aromatic N) is 2. The fourth-order valence-electron chi connectivity index (χ4n) is 2.01. The molecule has 1 saturated heterocycles. The number of carbonyl (C=O) groups excluding carboxylic acids is 1. The van der Waals surface area contributed by atoms with Gasteiger partial charge in [-0.3, -0.25) is 4.79 Å². The highest BCUT2D eigenvalue weighted by atomic mass is 32.2. The van der Waals surface area contributed by atoms with Crippen LogP contribution in [0.3, 0.4) is 0 Å². The number of nitrogens with one attached hydrogen (secondary N) is 1. The van der Waals surface area contributed by atoms with Crippen LogP contribution in [0.2, 0.25) is 0 Å². The molecule has 8 heteroatoms. The van der Waals surface area contributed by atoms with Crippen LogP contribution < -0.4 is 10.1 Å². The zero-order chi connectivity index (χ0) is 17.6. The Morgan fingerprint density at radius 1 is 1.20 bits per heavy atom. The Morgan fingerprint density at radius 3 is 2.76 bits per heavy atom. The van der Waals surface area contributed by atoms with Crippen molar-refractivity contribution in [3.63, 3.8) is 0 Å². The lowest BCUT2D eigenvalue weighted by atomic mass is 10.2. The van der Waals surface area contributed by atoms with Crippen LogP contribution in [0.5, 0.6) is 5.75 Å². The highest BCUT2D eigenvalue weighted by molar-refractivity contribution is 8.15. The van der Waals surface area contributed by atoms with Gasteiger partial charge < -0.3 is 10.1 Å². The number of ether oxygens (including phenoxy) is 1. The molecule has 1 amide bonds. The molecule has 0 bridgehead atoms. The Kier molecular flexibility index (Phi) is 5.39. The SMILES string of the molecule is O=C1CSC(=NN=Cc2ccc(OCc3ccccc3F)c(F)c2)N1. The topological polar surface area (TPSA) is 63.0 Å². The first-order chi connectivity index (χ1) is 12.1. The summed E-state index contributed by atoms with van der Waals surface area (Å²) in [5.74, 6) is -0.775. The van der Waals surface area contributed by atoms with Crippen LogP contribution in [0.15, 0.2) is 52.7 Å². The van der Waals surface area contributed by atoms with Crippen molar-refractivity contribution in [2.75, 3.05) is 5.75 Å². The van der Waals surface area contributed by atoms with Crippen molar-refractivity contribution in [2.24, 2.45) is 10.2 Å². The van der Waals surface area contributed by atoms with E-state index in [-0.39, 0.29) is 18.3 Å². The summed E-state index contributed by atoms with van der Waals surface area (Å²) in [7, 11) is 0. The van der Waals surface area contributed by atoms with Crippen molar-refractivity contribution in [3.05, 3.63) is 65.2 Å². The summed E-state index contributed by atoms with van der Waals surface area (Å²) in [6.45, 7) is -0.0679. The van der Waals surface area contributed by atoms with E-state index in [1.807, 2.05) is 0 Å². The minimum atomic E-state index is -0.587. The van der Waals surface area contributed by atoms with Crippen LogP contribution in [0.1, 0.15) is 11.1 Å². The molecule has 25 heavy (non-hydrogen) atoms. The van der Waals surface area contributed by atoms with E-state index in [4.69, 9.17) is 4.74 Å². The molecule has 0 saturated carbocycles. The van der Waals surface area contributed by atoms with Crippen LogP contribution in [-0.4, -0.2) is 23.0 Å². The van der Waals surface area contributed by atoms with Crippen LogP contribution in [-0.2, 0) is 11.4 Å². The molecule has 1 aliphatic heterocycles. The van der Waals surface area contributed by atoms with Gasteiger partial charge in [0.05, 0.1) is 12.0 Å². The highest BCUT2D eigenvalue weighted by Crippen LogP contribution is 2.20. The number of amides is 1. The largest absolute Gasteiger partial charge is 0.486 e. The lowest BCUT2D eigenvalue weighted by molar-refractivity contribution is -0.116. The summed E-state index contributed by atoms with van der Waals surface area (Å²) < 4.78 is 32.9. The maximum absolute atomic E-state index is 14.1. The third-order valence-corrected chi connectivity index (χ3v) is 4.10. The van der Waals surface area contributed by atoms with Crippen molar-refractivity contribution >= 4 is 29.1 Å². The van der Waals surface area contributed by atoms with Gasteiger partial charge in [-0.2, -0.15) is 5.10 Å². The van der Waals surface area contributed by atoms with Crippen molar-refractivity contribution in [1.82, 2.24) is 5.32 Å². The first-order valence-corrected chi connectivity index (χ1v) is 8.30. The molecule has 3 rings (SSSR count). The van der Waals surface area contributed by atoms with E-state index in [0.29, 0.717) is 22.0 Å². The molecular weight excluding hydrogens is 348 g/mol. The molecular formula is C17H13F2N3O2S. The molecule has 0 aliphatic carbocycles. The summed E-state index contributed by atoms with van der Waals surface area (Å²) in [6.07, 6.45) is 1.36. The molecule has 0 atom stereocenters. The van der Waals surface area contributed by atoms with Gasteiger partial charge in [-0.1, -0.05) is 30.0 Å². The minimum Gasteiger partial charge on any atom is -0.486 e. The number of hydrogen-bond acceptors (Lipinski definition) is 5. The van der Waals surface area contributed by atoms with E-state index in [0.717, 1.165) is 0 Å². The molecule has 5 nitrogen and oxygen atoms in total. The van der Waals surface area contributed by atoms with E-state index < -0.39 is 11.6 Å². The van der Waals surface area contributed by atoms with Gasteiger partial charge in [0, 0.05) is 5.56 Å². The lowest BCUT2D eigenvalue weighted by Gasteiger charge is -2.08. The van der Waals surface area contributed by atoms with Crippen molar-refractivity contribution < 1.29 is 18.3 Å². The van der Waals surface area contributed by atoms with Gasteiger partial charge >= 0.3 is 0 Å². The molecule has 1 N–H and O–H groups in total. The van der Waals surface area contributed by atoms with Crippen molar-refractivity contribution in [2.45, 2.75) is 6.61 Å². The normalized spacial score (nSPS) is 15.8. The Labute approximate surface area is 146 Å². The molecule has 0 radical (unpaired) electrons. The average molecular weight is 361 g/mol. The first kappa shape index (κ1) is 17.1. The minimum absolute atomic E-state index is 0.0188. The Morgan fingerprint density at radius 2 is 2.04 bits per heavy atom. The Hall–Kier alpha value is -2.74. The van der Waals surface area contributed by atoms with Gasteiger partial charge in [0.1, 0.15) is 12.4 Å². The standard InChI is InChI=1S/C17H13F2N3O2S/c18-13-4-2-1-3-12(13)9-24-15-6-5-11(7-14(15)19)8-20-22-17-21-16(23)10-25-17/h1-8H,9-10H2,(H,21,22,23). The summed E-state index contributed by atoms with van der Waals surface area (Å²) in [5, 5.41) is 10.6. The van der Waals surface area contributed by atoms with E-state index in [2.05, 4.69) is 15.5 Å². The monoisotopic (exact) mass is 361 g/mol. The second-order valence-electron chi connectivity index (χ2n) is 5.06. The van der Waals surface area contributed by atoms with E-state index >= 15 is 0 Å². The van der Waals surface area contributed by atoms with Crippen LogP contribution >= 0.6 is 11.8 Å². The smallest absolute Gasteiger partial charge is 0.236 e. The summed E-state index contributed by atoms with van der Waals surface area (Å²) in [6, 6.07) is 10.4. The summed E-state index contributed by atoms with van der Waals surface area (Å²) in [5.41, 5.74) is 0.828. The molecule has 2 aromatic rings. The fraction of sp³-hybridized carbons (Fsp3) is 0.118. The van der Waals surface area contributed by atoms with Gasteiger partial charge in [-0.15, -0.1) is 5.10 Å². The summed E-state index contributed by atoms with van der Waals surface area (Å²) in [4.78, 5) is 11.0. The number of halogens is 2. The van der Waals surface area contributed by atoms with E-state index in [1.54, 1.807) is 24.3 Å². The Bertz CT molecular complexity index is 856. The van der Waals surface area contributed by atoms with Gasteiger partial charge in [0.15, 0.2) is 16.7 Å². The third-order valence-electron chi connectivity index (χ3n) is 3.24. The molecule has 0 unspecified atom stereocenters. The van der Waals surface area contributed by atoms with Gasteiger partial charge in [0.2, 0.25) is 5.91 Å². The Balaban J connectivity index is 1.62. The van der Waals surface area contributed by atoms with E-state index in [1.165, 1.54) is 36.2 Å². The lowest BCUT2D eigenvalue weighted by Crippen LogP contribution is -2.19. The van der Waals surface area contributed by atoms with Crippen molar-refractivity contribution in [1.29, 1.82) is 0 Å². The molecule has 0 spiro atoms. The molecule has 0 aromatic heterocycles. The number of rotatable bonds is 5. The second-order valence-corrected chi connectivity index (χ2v) is 6.02. The molecule has 128 valence electrons. The third kappa shape index (κ3) is 4.63. The van der Waals surface area contributed by atoms with Crippen molar-refractivity contribution in [3.8, 4) is 5.75 Å². The number of hydrogen-bond donors (Lipinski definition) is 1. The summed E-state index contributed by atoms with van der Waals surface area (Å²) >= 11 is 1.25. The van der Waals surface area contributed by atoms with Crippen LogP contribution in [0.25, 0.3) is 0 Å². The predicted octanol–water partition coefficient (Wildman–Crippen LogP) is 3.10. The average Bonchev–Trinajstić information content (AvgIpc) is 3.01. The zero-order valence-corrected chi connectivity index (χ0v) is 13.7. The number of thioether (sulfide) groups is 1. The fourth-order valence-corrected chi connectivity index (χ4v) is 2.64. The maximum atomic E-state index is 14.1. The molecule has 1 fully saturated rings. The first-order valence-electron chi connectivity index (χ1n) is 7.31. The van der Waals surface area contributed by atoms with Crippen LogP contribution in [0, 0.1) is 11.6 Å². The van der Waals surface area contributed by atoms with Crippen LogP contribution in [0.4, 0.5) is 8.78 Å². The van der Waals surface area contributed by atoms with Gasteiger partial charge in [-0.05, 0) is 29.8 Å². The predicted molar refractivity (Wildman–Crippen MR) is 92.8 cm³/mol. The number of benzene rings is 2. The highest BCUT2D eigenvalue weighted by Gasteiger charge is 2.15. The van der Waals surface area contributed by atoms with Gasteiger partial charge in [-0.25, -0.2) is 8.78 Å². The molecule has 1 heterocycles. The molecule has 1 aliphatic rings. The maximum Gasteiger partial charge on any atom is 0.236 e. The van der Waals surface area contributed by atoms with Gasteiger partial charge in [0.25, 0.3) is 0 Å². The second kappa shape index (κ2) is 7.89.